The molecule has 128 valence electrons. The van der Waals surface area contributed by atoms with Crippen LogP contribution in [-0.2, 0) is 9.59 Å². The highest BCUT2D eigenvalue weighted by Gasteiger charge is 2.24. The lowest BCUT2D eigenvalue weighted by molar-refractivity contribution is -0.138. The van der Waals surface area contributed by atoms with E-state index >= 15 is 0 Å². The van der Waals surface area contributed by atoms with Crippen molar-refractivity contribution in [3.8, 4) is 0 Å². The van der Waals surface area contributed by atoms with Gasteiger partial charge in [0.05, 0.1) is 13.1 Å². The number of likely N-dealkylation sites (N-methyl/N-ethyl adjacent to an activating group) is 1. The Bertz CT molecular complexity index is 385. The Balaban J connectivity index is 2.43. The van der Waals surface area contributed by atoms with Gasteiger partial charge >= 0.3 is 5.97 Å². The summed E-state index contributed by atoms with van der Waals surface area (Å²) in [7, 11) is 1.87. The molecular formula is C16H31N3O3. The van der Waals surface area contributed by atoms with Gasteiger partial charge in [-0.3, -0.25) is 19.4 Å². The lowest BCUT2D eigenvalue weighted by Crippen LogP contribution is -2.47. The van der Waals surface area contributed by atoms with E-state index in [-0.39, 0.29) is 24.0 Å². The summed E-state index contributed by atoms with van der Waals surface area (Å²) in [5.74, 6) is -0.714. The van der Waals surface area contributed by atoms with Gasteiger partial charge in [-0.15, -0.1) is 0 Å². The molecular weight excluding hydrogens is 282 g/mol. The van der Waals surface area contributed by atoms with E-state index < -0.39 is 5.97 Å². The molecule has 1 amide bonds. The molecule has 0 aromatic carbocycles. The zero-order chi connectivity index (χ0) is 16.8. The van der Waals surface area contributed by atoms with Crippen molar-refractivity contribution in [3.05, 3.63) is 0 Å². The number of nitrogens with zero attached hydrogens (tertiary/aromatic N) is 2. The summed E-state index contributed by atoms with van der Waals surface area (Å²) >= 11 is 0. The van der Waals surface area contributed by atoms with Crippen LogP contribution in [0.5, 0.6) is 0 Å². The van der Waals surface area contributed by atoms with Crippen LogP contribution in [0.1, 0.15) is 46.5 Å². The molecule has 1 unspecified atom stereocenters. The first-order valence-electron chi connectivity index (χ1n) is 8.19. The second-order valence-electron chi connectivity index (χ2n) is 6.96. The number of carboxylic acid groups (broad SMARTS) is 1. The standard InChI is InChI=1S/C16H31N3O3/c1-5-16(2,3)17-14(20)11-19-9-6-7-13(8-10-19)18(4)12-15(21)22/h13H,5-12H2,1-4H3,(H,17,20)(H,21,22). The van der Waals surface area contributed by atoms with Crippen LogP contribution in [0, 0.1) is 0 Å². The number of hydrogen-bond acceptors (Lipinski definition) is 4. The highest BCUT2D eigenvalue weighted by Crippen LogP contribution is 2.16. The third-order valence-electron chi connectivity index (χ3n) is 4.53. The molecule has 0 aliphatic carbocycles. The number of carbonyl (C=O) groups excluding carboxylic acids is 1. The fraction of sp³-hybridized carbons (Fsp3) is 0.875. The first-order chi connectivity index (χ1) is 10.2. The first kappa shape index (κ1) is 18.9. The summed E-state index contributed by atoms with van der Waals surface area (Å²) in [6.07, 6.45) is 3.80. The van der Waals surface area contributed by atoms with Crippen molar-refractivity contribution in [3.63, 3.8) is 0 Å². The third-order valence-corrected chi connectivity index (χ3v) is 4.53. The molecule has 2 N–H and O–H groups in total. The minimum atomic E-state index is -0.787. The summed E-state index contributed by atoms with van der Waals surface area (Å²) in [5.41, 5.74) is -0.160. The van der Waals surface area contributed by atoms with Gasteiger partial charge in [0.25, 0.3) is 0 Å². The Morgan fingerprint density at radius 3 is 2.59 bits per heavy atom. The second kappa shape index (κ2) is 8.48. The number of carboxylic acids is 1. The third kappa shape index (κ3) is 6.75. The maximum absolute atomic E-state index is 12.1. The summed E-state index contributed by atoms with van der Waals surface area (Å²) < 4.78 is 0. The van der Waals surface area contributed by atoms with Crippen LogP contribution in [0.15, 0.2) is 0 Å². The molecule has 1 rings (SSSR count). The van der Waals surface area contributed by atoms with E-state index in [1.54, 1.807) is 0 Å². The lowest BCUT2D eigenvalue weighted by atomic mass is 10.0. The molecule has 6 heteroatoms. The van der Waals surface area contributed by atoms with Gasteiger partial charge in [0.2, 0.25) is 5.91 Å². The van der Waals surface area contributed by atoms with Crippen molar-refractivity contribution in [2.75, 3.05) is 33.2 Å². The van der Waals surface area contributed by atoms with Crippen molar-refractivity contribution < 1.29 is 14.7 Å². The highest BCUT2D eigenvalue weighted by atomic mass is 16.4. The minimum Gasteiger partial charge on any atom is -0.480 e. The van der Waals surface area contributed by atoms with E-state index in [9.17, 15) is 9.59 Å². The number of carbonyl (C=O) groups is 2. The molecule has 0 radical (unpaired) electrons. The Kier molecular flexibility index (Phi) is 7.29. The summed E-state index contributed by atoms with van der Waals surface area (Å²) in [6, 6.07) is 0.288. The first-order valence-corrected chi connectivity index (χ1v) is 8.19. The van der Waals surface area contributed by atoms with Crippen molar-refractivity contribution in [1.82, 2.24) is 15.1 Å². The Morgan fingerprint density at radius 1 is 1.32 bits per heavy atom. The predicted octanol–water partition coefficient (Wildman–Crippen LogP) is 1.16. The fourth-order valence-electron chi connectivity index (χ4n) is 2.79. The fourth-order valence-corrected chi connectivity index (χ4v) is 2.79. The SMILES string of the molecule is CCC(C)(C)NC(=O)CN1CCCC(N(C)CC(=O)O)CC1. The molecule has 0 aromatic heterocycles. The van der Waals surface area contributed by atoms with Crippen molar-refractivity contribution in [2.24, 2.45) is 0 Å². The van der Waals surface area contributed by atoms with Gasteiger partial charge < -0.3 is 10.4 Å². The van der Waals surface area contributed by atoms with Gasteiger partial charge in [-0.1, -0.05) is 6.92 Å². The predicted molar refractivity (Wildman–Crippen MR) is 86.9 cm³/mol. The van der Waals surface area contributed by atoms with E-state index in [1.165, 1.54) is 0 Å². The van der Waals surface area contributed by atoms with E-state index in [2.05, 4.69) is 17.1 Å². The van der Waals surface area contributed by atoms with Gasteiger partial charge in [0.15, 0.2) is 0 Å². The Labute approximate surface area is 133 Å². The number of rotatable bonds is 7. The van der Waals surface area contributed by atoms with Crippen LogP contribution < -0.4 is 5.32 Å². The molecule has 1 atom stereocenters. The maximum atomic E-state index is 12.1. The van der Waals surface area contributed by atoms with Crippen LogP contribution in [0.25, 0.3) is 0 Å². The van der Waals surface area contributed by atoms with Gasteiger partial charge in [-0.25, -0.2) is 0 Å². The van der Waals surface area contributed by atoms with Crippen LogP contribution in [0.3, 0.4) is 0 Å². The van der Waals surface area contributed by atoms with E-state index in [0.29, 0.717) is 6.54 Å². The largest absolute Gasteiger partial charge is 0.480 e. The van der Waals surface area contributed by atoms with Crippen LogP contribution in [0.2, 0.25) is 0 Å². The number of likely N-dealkylation sites (tertiary alicyclic amines) is 1. The molecule has 1 aliphatic rings. The monoisotopic (exact) mass is 313 g/mol. The van der Waals surface area contributed by atoms with Crippen molar-refractivity contribution in [1.29, 1.82) is 0 Å². The average molecular weight is 313 g/mol. The zero-order valence-corrected chi connectivity index (χ0v) is 14.4. The average Bonchev–Trinajstić information content (AvgIpc) is 2.63. The van der Waals surface area contributed by atoms with Gasteiger partial charge in [0, 0.05) is 18.1 Å². The molecule has 1 aliphatic heterocycles. The molecule has 0 bridgehead atoms. The molecule has 22 heavy (non-hydrogen) atoms. The molecule has 1 fully saturated rings. The molecule has 1 saturated heterocycles. The van der Waals surface area contributed by atoms with Crippen LogP contribution in [0.4, 0.5) is 0 Å². The van der Waals surface area contributed by atoms with Crippen LogP contribution in [-0.4, -0.2) is 71.6 Å². The van der Waals surface area contributed by atoms with Gasteiger partial charge in [-0.2, -0.15) is 0 Å². The smallest absolute Gasteiger partial charge is 0.317 e. The van der Waals surface area contributed by atoms with Crippen molar-refractivity contribution >= 4 is 11.9 Å². The number of amides is 1. The molecule has 1 heterocycles. The maximum Gasteiger partial charge on any atom is 0.317 e. The number of nitrogens with one attached hydrogen (secondary N) is 1. The minimum absolute atomic E-state index is 0.0733. The molecule has 0 saturated carbocycles. The quantitative estimate of drug-likeness (QED) is 0.738. The van der Waals surface area contributed by atoms with E-state index in [1.807, 2.05) is 25.8 Å². The van der Waals surface area contributed by atoms with Gasteiger partial charge in [0.1, 0.15) is 0 Å². The van der Waals surface area contributed by atoms with E-state index in [0.717, 1.165) is 38.8 Å². The number of hydrogen-bond donors (Lipinski definition) is 2. The van der Waals surface area contributed by atoms with E-state index in [4.69, 9.17) is 5.11 Å². The Hall–Kier alpha value is -1.14. The number of aliphatic carboxylic acids is 1. The summed E-state index contributed by atoms with van der Waals surface area (Å²) in [4.78, 5) is 27.0. The Morgan fingerprint density at radius 2 is 2.00 bits per heavy atom. The second-order valence-corrected chi connectivity index (χ2v) is 6.96. The highest BCUT2D eigenvalue weighted by molar-refractivity contribution is 5.78. The molecule has 0 aromatic rings. The molecule has 6 nitrogen and oxygen atoms in total. The normalized spacial score (nSPS) is 20.7. The lowest BCUT2D eigenvalue weighted by Gasteiger charge is -2.27. The zero-order valence-electron chi connectivity index (χ0n) is 14.4. The molecule has 0 spiro atoms. The summed E-state index contributed by atoms with van der Waals surface area (Å²) in [5, 5.41) is 11.9. The van der Waals surface area contributed by atoms with Gasteiger partial charge in [-0.05, 0) is 53.1 Å². The van der Waals surface area contributed by atoms with Crippen molar-refractivity contribution in [2.45, 2.75) is 58.0 Å². The topological polar surface area (TPSA) is 72.9 Å². The van der Waals surface area contributed by atoms with Crippen LogP contribution >= 0.6 is 0 Å². The summed E-state index contributed by atoms with van der Waals surface area (Å²) in [6.45, 7) is 8.38.